The first kappa shape index (κ1) is 21.5. The molecular formula is C23H36O2. The Balaban J connectivity index is 2.58. The minimum Gasteiger partial charge on any atom is -0.466 e. The van der Waals surface area contributed by atoms with Crippen molar-refractivity contribution in [2.45, 2.75) is 72.6 Å². The van der Waals surface area contributed by atoms with E-state index < -0.39 is 0 Å². The van der Waals surface area contributed by atoms with Crippen LogP contribution in [0.5, 0.6) is 0 Å². The molecule has 2 nitrogen and oxygen atoms in total. The van der Waals surface area contributed by atoms with E-state index in [1.165, 1.54) is 30.4 Å². The fourth-order valence-corrected chi connectivity index (χ4v) is 3.12. The molecule has 0 aromatic heterocycles. The second-order valence-corrected chi connectivity index (χ2v) is 7.33. The molecule has 0 heterocycles. The molecule has 1 atom stereocenters. The lowest BCUT2D eigenvalue weighted by Gasteiger charge is -2.17. The zero-order valence-corrected chi connectivity index (χ0v) is 16.6. The van der Waals surface area contributed by atoms with Crippen LogP contribution in [0.3, 0.4) is 0 Å². The van der Waals surface area contributed by atoms with Crippen molar-refractivity contribution in [3.63, 3.8) is 0 Å². The Morgan fingerprint density at radius 1 is 1.08 bits per heavy atom. The van der Waals surface area contributed by atoms with Crippen LogP contribution in [0, 0.1) is 11.8 Å². The Labute approximate surface area is 154 Å². The van der Waals surface area contributed by atoms with E-state index in [0.717, 1.165) is 25.2 Å². The second kappa shape index (κ2) is 12.7. The van der Waals surface area contributed by atoms with Crippen molar-refractivity contribution in [2.24, 2.45) is 11.8 Å². The van der Waals surface area contributed by atoms with Crippen molar-refractivity contribution in [1.29, 1.82) is 0 Å². The summed E-state index contributed by atoms with van der Waals surface area (Å²) in [4.78, 5) is 11.7. The summed E-state index contributed by atoms with van der Waals surface area (Å²) in [5.41, 5.74) is 2.80. The second-order valence-electron chi connectivity index (χ2n) is 7.33. The van der Waals surface area contributed by atoms with Crippen LogP contribution >= 0.6 is 0 Å². The first-order valence-electron chi connectivity index (χ1n) is 9.91. The lowest BCUT2D eigenvalue weighted by atomic mass is 9.89. The van der Waals surface area contributed by atoms with Crippen molar-refractivity contribution in [3.8, 4) is 0 Å². The topological polar surface area (TPSA) is 26.3 Å². The maximum absolute atomic E-state index is 11.7. The molecular weight excluding hydrogens is 308 g/mol. The zero-order chi connectivity index (χ0) is 18.5. The molecule has 0 saturated carbocycles. The number of carbonyl (C=O) groups excluding carboxylic acids is 1. The van der Waals surface area contributed by atoms with Crippen LogP contribution in [0.2, 0.25) is 0 Å². The Bertz CT molecular complexity index is 502. The average molecular weight is 345 g/mol. The summed E-state index contributed by atoms with van der Waals surface area (Å²) < 4.78 is 5.09. The fourth-order valence-electron chi connectivity index (χ4n) is 3.12. The average Bonchev–Trinajstić information content (AvgIpc) is 2.58. The van der Waals surface area contributed by atoms with Crippen LogP contribution in [-0.2, 0) is 16.0 Å². The van der Waals surface area contributed by atoms with Crippen molar-refractivity contribution < 1.29 is 9.53 Å². The molecule has 0 bridgehead atoms. The van der Waals surface area contributed by atoms with Gasteiger partial charge in [0.25, 0.3) is 0 Å². The molecule has 140 valence electrons. The molecule has 25 heavy (non-hydrogen) atoms. The molecule has 0 spiro atoms. The molecule has 1 aromatic rings. The summed E-state index contributed by atoms with van der Waals surface area (Å²) in [6.45, 7) is 9.20. The molecule has 1 rings (SSSR count). The van der Waals surface area contributed by atoms with Gasteiger partial charge in [-0.15, -0.1) is 0 Å². The number of hydrogen-bond acceptors (Lipinski definition) is 2. The highest BCUT2D eigenvalue weighted by atomic mass is 16.5. The number of aryl methyl sites for hydroxylation is 1. The van der Waals surface area contributed by atoms with Crippen molar-refractivity contribution in [3.05, 3.63) is 47.5 Å². The molecule has 0 aliphatic carbocycles. The number of carbonyl (C=O) groups is 1. The van der Waals surface area contributed by atoms with E-state index in [9.17, 15) is 4.79 Å². The van der Waals surface area contributed by atoms with Gasteiger partial charge in [-0.25, -0.2) is 0 Å². The lowest BCUT2D eigenvalue weighted by Crippen LogP contribution is -2.07. The summed E-state index contributed by atoms with van der Waals surface area (Å²) in [5, 5.41) is 0. The first-order valence-corrected chi connectivity index (χ1v) is 9.91. The van der Waals surface area contributed by atoms with Gasteiger partial charge in [0, 0.05) is 6.42 Å². The van der Waals surface area contributed by atoms with Gasteiger partial charge in [0.15, 0.2) is 0 Å². The van der Waals surface area contributed by atoms with Gasteiger partial charge in [-0.2, -0.15) is 0 Å². The largest absolute Gasteiger partial charge is 0.466 e. The van der Waals surface area contributed by atoms with Crippen molar-refractivity contribution in [1.82, 2.24) is 0 Å². The van der Waals surface area contributed by atoms with Gasteiger partial charge >= 0.3 is 5.97 Å². The number of rotatable bonds is 12. The molecule has 0 aliphatic heterocycles. The zero-order valence-electron chi connectivity index (χ0n) is 16.6. The SMILES string of the molecule is CCOC(=O)CC/C(=C/CCc1ccccc1)[C@H](C)CCCC(C)C. The highest BCUT2D eigenvalue weighted by Gasteiger charge is 2.12. The van der Waals surface area contributed by atoms with E-state index in [0.29, 0.717) is 18.9 Å². The van der Waals surface area contributed by atoms with E-state index in [-0.39, 0.29) is 5.97 Å². The molecule has 0 N–H and O–H groups in total. The van der Waals surface area contributed by atoms with Gasteiger partial charge in [-0.3, -0.25) is 4.79 Å². The van der Waals surface area contributed by atoms with Crippen LogP contribution in [-0.4, -0.2) is 12.6 Å². The third-order valence-corrected chi connectivity index (χ3v) is 4.66. The lowest BCUT2D eigenvalue weighted by molar-refractivity contribution is -0.143. The summed E-state index contributed by atoms with van der Waals surface area (Å²) in [6, 6.07) is 10.6. The standard InChI is InChI=1S/C23H36O2/c1-5-25-23(24)18-17-22(20(4)12-9-11-19(2)3)16-10-15-21-13-7-6-8-14-21/h6-8,13-14,16,19-20H,5,9-12,15,17-18H2,1-4H3/b22-16-/t20-/m1/s1. The summed E-state index contributed by atoms with van der Waals surface area (Å²) in [7, 11) is 0. The smallest absolute Gasteiger partial charge is 0.306 e. The third-order valence-electron chi connectivity index (χ3n) is 4.66. The molecule has 0 unspecified atom stereocenters. The number of esters is 1. The molecule has 0 fully saturated rings. The van der Waals surface area contributed by atoms with Crippen molar-refractivity contribution in [2.75, 3.05) is 6.61 Å². The molecule has 0 saturated heterocycles. The molecule has 1 aromatic carbocycles. The van der Waals surface area contributed by atoms with E-state index in [1.54, 1.807) is 0 Å². The minimum atomic E-state index is -0.0779. The highest BCUT2D eigenvalue weighted by Crippen LogP contribution is 2.24. The number of hydrogen-bond donors (Lipinski definition) is 0. The third kappa shape index (κ3) is 10.1. The Morgan fingerprint density at radius 2 is 1.80 bits per heavy atom. The molecule has 0 aliphatic rings. The van der Waals surface area contributed by atoms with Gasteiger partial charge in [-0.1, -0.05) is 75.6 Å². The van der Waals surface area contributed by atoms with Gasteiger partial charge < -0.3 is 4.74 Å². The molecule has 2 heteroatoms. The number of ether oxygens (including phenoxy) is 1. The van der Waals surface area contributed by atoms with Crippen LogP contribution in [0.1, 0.15) is 71.8 Å². The number of benzene rings is 1. The van der Waals surface area contributed by atoms with Gasteiger partial charge in [0.05, 0.1) is 6.61 Å². The predicted molar refractivity (Wildman–Crippen MR) is 107 cm³/mol. The maximum atomic E-state index is 11.7. The number of allylic oxidation sites excluding steroid dienone is 2. The van der Waals surface area contributed by atoms with E-state index in [4.69, 9.17) is 4.74 Å². The van der Waals surface area contributed by atoms with Crippen molar-refractivity contribution >= 4 is 5.97 Å². The van der Waals surface area contributed by atoms with E-state index in [2.05, 4.69) is 57.2 Å². The van der Waals surface area contributed by atoms with E-state index >= 15 is 0 Å². The normalized spacial score (nSPS) is 13.1. The maximum Gasteiger partial charge on any atom is 0.306 e. The molecule has 0 radical (unpaired) electrons. The quantitative estimate of drug-likeness (QED) is 0.326. The Morgan fingerprint density at radius 3 is 2.44 bits per heavy atom. The first-order chi connectivity index (χ1) is 12.0. The van der Waals surface area contributed by atoms with Crippen LogP contribution in [0.4, 0.5) is 0 Å². The summed E-state index contributed by atoms with van der Waals surface area (Å²) in [5.74, 6) is 1.23. The molecule has 0 amide bonds. The van der Waals surface area contributed by atoms with Crippen LogP contribution in [0.15, 0.2) is 42.0 Å². The van der Waals surface area contributed by atoms with Gasteiger partial charge in [0.1, 0.15) is 0 Å². The predicted octanol–water partition coefficient (Wildman–Crippen LogP) is 6.35. The highest BCUT2D eigenvalue weighted by molar-refractivity contribution is 5.69. The summed E-state index contributed by atoms with van der Waals surface area (Å²) >= 11 is 0. The minimum absolute atomic E-state index is 0.0779. The van der Waals surface area contributed by atoms with E-state index in [1.807, 2.05) is 6.92 Å². The fraction of sp³-hybridized carbons (Fsp3) is 0.609. The summed E-state index contributed by atoms with van der Waals surface area (Å²) in [6.07, 6.45) is 9.54. The monoisotopic (exact) mass is 344 g/mol. The van der Waals surface area contributed by atoms with Gasteiger partial charge in [-0.05, 0) is 50.0 Å². The Kier molecular flexibility index (Phi) is 10.9. The van der Waals surface area contributed by atoms with Crippen LogP contribution in [0.25, 0.3) is 0 Å². The van der Waals surface area contributed by atoms with Crippen LogP contribution < -0.4 is 0 Å². The Hall–Kier alpha value is -1.57. The van der Waals surface area contributed by atoms with Gasteiger partial charge in [0.2, 0.25) is 0 Å².